The summed E-state index contributed by atoms with van der Waals surface area (Å²) >= 11 is 0. The molecule has 0 saturated carbocycles. The van der Waals surface area contributed by atoms with Crippen LogP contribution >= 0.6 is 0 Å². The highest BCUT2D eigenvalue weighted by Crippen LogP contribution is 2.22. The summed E-state index contributed by atoms with van der Waals surface area (Å²) < 4.78 is 1.88. The molecular formula is C23H21N5O. The number of carbonyl (C=O) groups excluding carboxylic acids is 1. The molecule has 1 fully saturated rings. The summed E-state index contributed by atoms with van der Waals surface area (Å²) in [6.07, 6.45) is 5.37. The second kappa shape index (κ2) is 7.39. The van der Waals surface area contributed by atoms with Crippen LogP contribution in [0.5, 0.6) is 0 Å². The van der Waals surface area contributed by atoms with Crippen molar-refractivity contribution in [3.8, 4) is 11.3 Å². The zero-order chi connectivity index (χ0) is 19.6. The van der Waals surface area contributed by atoms with E-state index in [0.29, 0.717) is 24.4 Å². The van der Waals surface area contributed by atoms with E-state index >= 15 is 0 Å². The first-order valence-corrected chi connectivity index (χ1v) is 9.78. The number of fused-ring (bicyclic) bond motifs is 1. The molecule has 1 saturated heterocycles. The molecule has 3 heterocycles. The number of imidazole rings is 1. The van der Waals surface area contributed by atoms with Crippen molar-refractivity contribution in [1.29, 1.82) is 0 Å². The van der Waals surface area contributed by atoms with Crippen LogP contribution in [-0.2, 0) is 0 Å². The van der Waals surface area contributed by atoms with Crippen LogP contribution in [0, 0.1) is 0 Å². The van der Waals surface area contributed by atoms with Crippen molar-refractivity contribution in [3.63, 3.8) is 0 Å². The summed E-state index contributed by atoms with van der Waals surface area (Å²) in [4.78, 5) is 26.4. The summed E-state index contributed by atoms with van der Waals surface area (Å²) in [5, 5.41) is 0. The third-order valence-electron chi connectivity index (χ3n) is 5.33. The van der Waals surface area contributed by atoms with E-state index in [0.717, 1.165) is 24.3 Å². The van der Waals surface area contributed by atoms with E-state index in [-0.39, 0.29) is 5.91 Å². The van der Waals surface area contributed by atoms with Crippen molar-refractivity contribution in [2.24, 2.45) is 0 Å². The molecule has 6 heteroatoms. The largest absolute Gasteiger partial charge is 0.368 e. The molecule has 2 aromatic carbocycles. The molecule has 6 nitrogen and oxygen atoms in total. The topological polar surface area (TPSA) is 53.7 Å². The zero-order valence-corrected chi connectivity index (χ0v) is 16.0. The molecule has 0 atom stereocenters. The van der Waals surface area contributed by atoms with Crippen LogP contribution in [0.3, 0.4) is 0 Å². The van der Waals surface area contributed by atoms with Gasteiger partial charge in [0, 0.05) is 56.0 Å². The molecule has 2 aromatic heterocycles. The predicted octanol–water partition coefficient (Wildman–Crippen LogP) is 3.36. The molecule has 1 aliphatic rings. The van der Waals surface area contributed by atoms with Gasteiger partial charge in [-0.3, -0.25) is 9.78 Å². The number of carbonyl (C=O) groups is 1. The number of hydrogen-bond donors (Lipinski definition) is 0. The minimum absolute atomic E-state index is 0.0274. The van der Waals surface area contributed by atoms with Gasteiger partial charge < -0.3 is 14.2 Å². The van der Waals surface area contributed by atoms with Gasteiger partial charge in [0.1, 0.15) is 11.4 Å². The molecule has 29 heavy (non-hydrogen) atoms. The van der Waals surface area contributed by atoms with E-state index in [1.54, 1.807) is 12.4 Å². The third kappa shape index (κ3) is 3.33. The normalized spacial score (nSPS) is 14.3. The standard InChI is InChI=1S/C23H21N5O/c29-23(27-15-13-26(14-16-27)19-9-5-2-6-10-19)20-17-28-12-11-24-21(22(28)25-20)18-7-3-1-4-8-18/h1-12,17H,13-16H2. The number of nitrogens with zero attached hydrogens (tertiary/aromatic N) is 5. The lowest BCUT2D eigenvalue weighted by molar-refractivity contribution is 0.0741. The van der Waals surface area contributed by atoms with E-state index in [2.05, 4.69) is 27.0 Å². The van der Waals surface area contributed by atoms with E-state index in [9.17, 15) is 4.79 Å². The molecule has 0 spiro atoms. The lowest BCUT2D eigenvalue weighted by atomic mass is 10.1. The second-order valence-corrected chi connectivity index (χ2v) is 7.11. The monoisotopic (exact) mass is 383 g/mol. The number of anilines is 1. The second-order valence-electron chi connectivity index (χ2n) is 7.11. The minimum atomic E-state index is -0.0274. The van der Waals surface area contributed by atoms with Crippen LogP contribution < -0.4 is 4.90 Å². The number of para-hydroxylation sites is 1. The Morgan fingerprint density at radius 1 is 0.862 bits per heavy atom. The van der Waals surface area contributed by atoms with Gasteiger partial charge in [-0.15, -0.1) is 0 Å². The van der Waals surface area contributed by atoms with Crippen LogP contribution in [0.15, 0.2) is 79.3 Å². The Bertz CT molecular complexity index is 1130. The Hall–Kier alpha value is -3.67. The molecule has 144 valence electrons. The molecular weight excluding hydrogens is 362 g/mol. The molecule has 4 aromatic rings. The number of piperazine rings is 1. The fourth-order valence-electron chi connectivity index (χ4n) is 3.79. The van der Waals surface area contributed by atoms with Gasteiger partial charge in [-0.25, -0.2) is 4.98 Å². The Morgan fingerprint density at radius 2 is 1.55 bits per heavy atom. The van der Waals surface area contributed by atoms with Crippen molar-refractivity contribution >= 4 is 17.2 Å². The number of amides is 1. The van der Waals surface area contributed by atoms with Crippen LogP contribution in [0.25, 0.3) is 16.9 Å². The quantitative estimate of drug-likeness (QED) is 0.544. The maximum absolute atomic E-state index is 13.1. The summed E-state index contributed by atoms with van der Waals surface area (Å²) in [7, 11) is 0. The van der Waals surface area contributed by atoms with E-state index < -0.39 is 0 Å². The Morgan fingerprint density at radius 3 is 2.28 bits per heavy atom. The van der Waals surface area contributed by atoms with Crippen LogP contribution in [-0.4, -0.2) is 51.4 Å². The van der Waals surface area contributed by atoms with Gasteiger partial charge in [0.15, 0.2) is 5.65 Å². The maximum Gasteiger partial charge on any atom is 0.274 e. The lowest BCUT2D eigenvalue weighted by Gasteiger charge is -2.35. The average Bonchev–Trinajstić information content (AvgIpc) is 3.24. The first-order valence-electron chi connectivity index (χ1n) is 9.78. The minimum Gasteiger partial charge on any atom is -0.368 e. The van der Waals surface area contributed by atoms with Gasteiger partial charge in [-0.05, 0) is 12.1 Å². The highest BCUT2D eigenvalue weighted by Gasteiger charge is 2.24. The van der Waals surface area contributed by atoms with Gasteiger partial charge in [0.05, 0.1) is 0 Å². The Balaban J connectivity index is 1.37. The van der Waals surface area contributed by atoms with Crippen LogP contribution in [0.1, 0.15) is 10.5 Å². The summed E-state index contributed by atoms with van der Waals surface area (Å²) in [5.41, 5.74) is 4.12. The molecule has 1 amide bonds. The Kier molecular flexibility index (Phi) is 4.44. The fourth-order valence-corrected chi connectivity index (χ4v) is 3.79. The smallest absolute Gasteiger partial charge is 0.274 e. The first kappa shape index (κ1) is 17.4. The van der Waals surface area contributed by atoms with Crippen molar-refractivity contribution in [2.75, 3.05) is 31.1 Å². The number of hydrogen-bond acceptors (Lipinski definition) is 4. The predicted molar refractivity (Wildman–Crippen MR) is 113 cm³/mol. The molecule has 0 radical (unpaired) electrons. The van der Waals surface area contributed by atoms with Gasteiger partial charge in [-0.1, -0.05) is 48.5 Å². The highest BCUT2D eigenvalue weighted by molar-refractivity contribution is 5.94. The number of benzene rings is 2. The van der Waals surface area contributed by atoms with Crippen LogP contribution in [0.2, 0.25) is 0 Å². The molecule has 0 bridgehead atoms. The molecule has 0 unspecified atom stereocenters. The highest BCUT2D eigenvalue weighted by atomic mass is 16.2. The number of aromatic nitrogens is 3. The lowest BCUT2D eigenvalue weighted by Crippen LogP contribution is -2.48. The van der Waals surface area contributed by atoms with Crippen molar-refractivity contribution in [3.05, 3.63) is 84.9 Å². The Labute approximate surface area is 169 Å². The van der Waals surface area contributed by atoms with Gasteiger partial charge in [0.25, 0.3) is 5.91 Å². The zero-order valence-electron chi connectivity index (χ0n) is 16.0. The van der Waals surface area contributed by atoms with Crippen molar-refractivity contribution < 1.29 is 4.79 Å². The van der Waals surface area contributed by atoms with E-state index in [1.807, 2.05) is 64.0 Å². The third-order valence-corrected chi connectivity index (χ3v) is 5.33. The van der Waals surface area contributed by atoms with Gasteiger partial charge in [-0.2, -0.15) is 0 Å². The maximum atomic E-state index is 13.1. The SMILES string of the molecule is O=C(c1cn2ccnc(-c3ccccc3)c2n1)N1CCN(c2ccccc2)CC1. The fraction of sp³-hybridized carbons (Fsp3) is 0.174. The average molecular weight is 383 g/mol. The van der Waals surface area contributed by atoms with Gasteiger partial charge in [0.2, 0.25) is 0 Å². The molecule has 1 aliphatic heterocycles. The summed E-state index contributed by atoms with van der Waals surface area (Å²) in [5.74, 6) is -0.0274. The van der Waals surface area contributed by atoms with Crippen LogP contribution in [0.4, 0.5) is 5.69 Å². The molecule has 0 aliphatic carbocycles. The first-order chi connectivity index (χ1) is 14.3. The van der Waals surface area contributed by atoms with Crippen molar-refractivity contribution in [2.45, 2.75) is 0 Å². The molecule has 5 rings (SSSR count). The summed E-state index contributed by atoms with van der Waals surface area (Å²) in [6, 6.07) is 20.2. The van der Waals surface area contributed by atoms with E-state index in [1.165, 1.54) is 5.69 Å². The number of rotatable bonds is 3. The van der Waals surface area contributed by atoms with Gasteiger partial charge >= 0.3 is 0 Å². The molecule has 0 N–H and O–H groups in total. The van der Waals surface area contributed by atoms with E-state index in [4.69, 9.17) is 0 Å². The van der Waals surface area contributed by atoms with Crippen molar-refractivity contribution in [1.82, 2.24) is 19.3 Å². The summed E-state index contributed by atoms with van der Waals surface area (Å²) in [6.45, 7) is 3.01.